The number of unbranched alkanes of at least 4 members (excludes halogenated alkanes) is 3. The van der Waals surface area contributed by atoms with Crippen LogP contribution in [0.5, 0.6) is 0 Å². The van der Waals surface area contributed by atoms with Gasteiger partial charge in [0.2, 0.25) is 0 Å². The van der Waals surface area contributed by atoms with Gasteiger partial charge in [-0.2, -0.15) is 0 Å². The predicted molar refractivity (Wildman–Crippen MR) is 62.3 cm³/mol. The third kappa shape index (κ3) is 4.27. The molecule has 0 saturated carbocycles. The second-order valence-corrected chi connectivity index (χ2v) is 6.39. The molecule has 1 nitrogen and oxygen atoms in total. The molecule has 0 aromatic carbocycles. The lowest BCUT2D eigenvalue weighted by Gasteiger charge is -2.34. The number of ether oxygens (including phenoxy) is 1. The summed E-state index contributed by atoms with van der Waals surface area (Å²) >= 11 is 0. The van der Waals surface area contributed by atoms with Crippen LogP contribution in [-0.2, 0) is 4.74 Å². The summed E-state index contributed by atoms with van der Waals surface area (Å²) in [5, 5.41) is 0.367. The molecule has 0 spiro atoms. The fraction of sp³-hybridized carbons (Fsp3) is 1.00. The minimum Gasteiger partial charge on any atom is -0.380 e. The van der Waals surface area contributed by atoms with Gasteiger partial charge >= 0.3 is 1.43 Å². The molecule has 1 heterocycles. The summed E-state index contributed by atoms with van der Waals surface area (Å²) in [6.07, 6.45) is 10.9. The monoisotopic (exact) mass is 201 g/mol. The third-order valence-electron chi connectivity index (χ3n) is 3.11. The van der Waals surface area contributed by atoms with Crippen LogP contribution in [-0.4, -0.2) is 22.1 Å². The number of rotatable bonds is 5. The van der Waals surface area contributed by atoms with Crippen LogP contribution < -0.4 is 0 Å². The summed E-state index contributed by atoms with van der Waals surface area (Å²) < 4.78 is 5.91. The van der Waals surface area contributed by atoms with Crippen LogP contribution in [0.3, 0.4) is 0 Å². The summed E-state index contributed by atoms with van der Waals surface area (Å²) in [6, 6.07) is 0. The first-order chi connectivity index (χ1) is 6.27. The highest BCUT2D eigenvalue weighted by Crippen LogP contribution is 2.27. The van der Waals surface area contributed by atoms with Crippen molar-refractivity contribution in [2.45, 2.75) is 63.5 Å². The zero-order chi connectivity index (χ0) is 9.57. The molecule has 1 aliphatic rings. The largest absolute Gasteiger partial charge is 1.00 e. The fourth-order valence-electron chi connectivity index (χ4n) is 2.11. The van der Waals surface area contributed by atoms with Crippen molar-refractivity contribution in [3.05, 3.63) is 0 Å². The molecule has 2 heteroatoms. The Labute approximate surface area is 87.2 Å². The molecule has 1 aliphatic heterocycles. The molecule has 1 saturated heterocycles. The third-order valence-corrected chi connectivity index (χ3v) is 4.40. The molecule has 0 aromatic rings. The van der Waals surface area contributed by atoms with E-state index in [0.717, 1.165) is 6.61 Å². The molecular formula is C11H25OSi+. The lowest BCUT2D eigenvalue weighted by atomic mass is 10.0. The topological polar surface area (TPSA) is 9.23 Å². The first-order valence-corrected chi connectivity index (χ1v) is 6.91. The Bertz CT molecular complexity index is 135. The molecule has 13 heavy (non-hydrogen) atoms. The van der Waals surface area contributed by atoms with E-state index in [1.165, 1.54) is 61.6 Å². The van der Waals surface area contributed by atoms with Gasteiger partial charge in [-0.15, -0.1) is 0 Å². The van der Waals surface area contributed by atoms with E-state index in [4.69, 9.17) is 4.74 Å². The van der Waals surface area contributed by atoms with E-state index >= 15 is 0 Å². The van der Waals surface area contributed by atoms with Gasteiger partial charge < -0.3 is 4.74 Å². The lowest BCUT2D eigenvalue weighted by molar-refractivity contribution is -0.0239. The minimum atomic E-state index is 0. The maximum atomic E-state index is 5.91. The molecule has 0 amide bonds. The van der Waals surface area contributed by atoms with Crippen molar-refractivity contribution in [3.8, 4) is 0 Å². The van der Waals surface area contributed by atoms with Crippen LogP contribution in [0.2, 0.25) is 0 Å². The molecule has 78 valence electrons. The number of hydrogen-bond acceptors (Lipinski definition) is 1. The van der Waals surface area contributed by atoms with Crippen molar-refractivity contribution >= 4 is 10.2 Å². The average molecular weight is 201 g/mol. The van der Waals surface area contributed by atoms with Crippen LogP contribution in [0.15, 0.2) is 0 Å². The Balaban J connectivity index is 0.00000169. The Morgan fingerprint density at radius 2 is 2.15 bits per heavy atom. The quantitative estimate of drug-likeness (QED) is 0.490. The van der Waals surface area contributed by atoms with Gasteiger partial charge in [0, 0.05) is 22.1 Å². The van der Waals surface area contributed by atoms with Gasteiger partial charge in [-0.3, -0.25) is 0 Å². The van der Waals surface area contributed by atoms with Crippen molar-refractivity contribution in [1.82, 2.24) is 0 Å². The highest BCUT2D eigenvalue weighted by atomic mass is 28.1. The standard InChI is InChI=1S/C11H24OSi/c1-2-3-4-5-8-11(13)9-6-7-10-12-11/h2-10H2,1,13H3/p+1. The maximum absolute atomic E-state index is 5.91. The van der Waals surface area contributed by atoms with Gasteiger partial charge in [0.1, 0.15) is 0 Å². The Kier molecular flexibility index (Phi) is 5.03. The van der Waals surface area contributed by atoms with Gasteiger partial charge in [-0.1, -0.05) is 32.6 Å². The van der Waals surface area contributed by atoms with Gasteiger partial charge in [0.15, 0.2) is 0 Å². The molecule has 0 aromatic heterocycles. The van der Waals surface area contributed by atoms with Crippen molar-refractivity contribution < 1.29 is 6.16 Å². The molecule has 1 fully saturated rings. The van der Waals surface area contributed by atoms with Crippen LogP contribution in [0.4, 0.5) is 0 Å². The maximum Gasteiger partial charge on any atom is 1.00 e. The minimum absolute atomic E-state index is 0. The number of hydrogen-bond donors (Lipinski definition) is 0. The van der Waals surface area contributed by atoms with E-state index in [9.17, 15) is 0 Å². The summed E-state index contributed by atoms with van der Waals surface area (Å²) in [7, 11) is 1.23. The van der Waals surface area contributed by atoms with E-state index in [1.54, 1.807) is 0 Å². The zero-order valence-corrected chi connectivity index (χ0v) is 11.3. The van der Waals surface area contributed by atoms with Crippen molar-refractivity contribution in [2.75, 3.05) is 6.61 Å². The zero-order valence-electron chi connectivity index (χ0n) is 10.3. The molecule has 0 bridgehead atoms. The smallest absolute Gasteiger partial charge is 0.380 e. The van der Waals surface area contributed by atoms with Crippen LogP contribution in [0, 0.1) is 0 Å². The van der Waals surface area contributed by atoms with Crippen molar-refractivity contribution in [3.63, 3.8) is 0 Å². The van der Waals surface area contributed by atoms with Gasteiger partial charge in [0.05, 0.1) is 0 Å². The van der Waals surface area contributed by atoms with Crippen LogP contribution in [0.1, 0.15) is 59.7 Å². The summed E-state index contributed by atoms with van der Waals surface area (Å²) in [6.45, 7) is 3.30. The fourth-order valence-corrected chi connectivity index (χ4v) is 3.03. The second-order valence-electron chi connectivity index (χ2n) is 4.57. The van der Waals surface area contributed by atoms with E-state index in [-0.39, 0.29) is 1.43 Å². The van der Waals surface area contributed by atoms with Crippen LogP contribution in [0.25, 0.3) is 0 Å². The molecular weight excluding hydrogens is 176 g/mol. The first-order valence-electron chi connectivity index (χ1n) is 5.91. The van der Waals surface area contributed by atoms with Gasteiger partial charge in [-0.25, -0.2) is 0 Å². The molecule has 0 radical (unpaired) electrons. The molecule has 0 N–H and O–H groups in total. The van der Waals surface area contributed by atoms with E-state index in [0.29, 0.717) is 5.22 Å². The summed E-state index contributed by atoms with van der Waals surface area (Å²) in [4.78, 5) is 0. The highest BCUT2D eigenvalue weighted by molar-refractivity contribution is 6.14. The Hall–Kier alpha value is 0.177. The first kappa shape index (κ1) is 11.3. The van der Waals surface area contributed by atoms with Crippen molar-refractivity contribution in [2.24, 2.45) is 0 Å². The van der Waals surface area contributed by atoms with E-state index < -0.39 is 0 Å². The summed E-state index contributed by atoms with van der Waals surface area (Å²) in [5.74, 6) is 0. The average Bonchev–Trinajstić information content (AvgIpc) is 2.14. The SMILES string of the molecule is CCCCCCC1([SiH3])CCCCO1.[H+]. The Morgan fingerprint density at radius 3 is 2.77 bits per heavy atom. The van der Waals surface area contributed by atoms with E-state index in [2.05, 4.69) is 6.92 Å². The lowest BCUT2D eigenvalue weighted by Crippen LogP contribution is -2.36. The van der Waals surface area contributed by atoms with Crippen LogP contribution >= 0.6 is 0 Å². The van der Waals surface area contributed by atoms with Gasteiger partial charge in [0.25, 0.3) is 0 Å². The molecule has 1 rings (SSSR count). The normalized spacial score (nSPS) is 29.3. The molecule has 1 atom stereocenters. The highest BCUT2D eigenvalue weighted by Gasteiger charge is 2.26. The second kappa shape index (κ2) is 5.81. The summed E-state index contributed by atoms with van der Waals surface area (Å²) in [5.41, 5.74) is 0. The van der Waals surface area contributed by atoms with Gasteiger partial charge in [-0.05, 0) is 25.7 Å². The predicted octanol–water partition coefficient (Wildman–Crippen LogP) is 2.33. The van der Waals surface area contributed by atoms with Crippen molar-refractivity contribution in [1.29, 1.82) is 0 Å². The van der Waals surface area contributed by atoms with E-state index in [1.807, 2.05) is 0 Å². The molecule has 0 aliphatic carbocycles. The Morgan fingerprint density at radius 1 is 1.31 bits per heavy atom. The molecule has 1 unspecified atom stereocenters.